The Balaban J connectivity index is 2.83. The number of rotatable bonds is 5. The Kier molecular flexibility index (Phi) is 6.29. The topological polar surface area (TPSA) is 60.9 Å². The first-order valence-electron chi connectivity index (χ1n) is 7.08. The van der Waals surface area contributed by atoms with Gasteiger partial charge in [-0.3, -0.25) is 4.79 Å². The number of hydrogen-bond acceptors (Lipinski definition) is 2. The molecule has 1 unspecified atom stereocenters. The number of halogens is 3. The van der Waals surface area contributed by atoms with Gasteiger partial charge in [-0.1, -0.05) is 13.3 Å². The fraction of sp³-hybridized carbons (Fsp3) is 0.846. The molecule has 1 N–H and O–H groups in total. The largest absolute Gasteiger partial charge is 0.480 e. The zero-order chi connectivity index (χ0) is 16.0. The smallest absolute Gasteiger partial charge is 0.406 e. The summed E-state index contributed by atoms with van der Waals surface area (Å²) in [5, 5.41) is 8.72. The number of urea groups is 1. The molecule has 1 fully saturated rings. The molecule has 122 valence electrons. The van der Waals surface area contributed by atoms with E-state index in [9.17, 15) is 22.8 Å². The maximum absolute atomic E-state index is 12.5. The first-order valence-corrected chi connectivity index (χ1v) is 7.08. The number of carboxylic acid groups (broad SMARTS) is 1. The molecule has 1 rings (SSSR count). The van der Waals surface area contributed by atoms with Crippen LogP contribution in [0.1, 0.15) is 39.0 Å². The van der Waals surface area contributed by atoms with Crippen LogP contribution < -0.4 is 0 Å². The van der Waals surface area contributed by atoms with Crippen LogP contribution in [0.15, 0.2) is 0 Å². The quantitative estimate of drug-likeness (QED) is 0.849. The molecule has 0 aromatic rings. The van der Waals surface area contributed by atoms with Gasteiger partial charge in [-0.2, -0.15) is 13.2 Å². The lowest BCUT2D eigenvalue weighted by Gasteiger charge is -2.38. The van der Waals surface area contributed by atoms with E-state index in [1.165, 1.54) is 4.90 Å². The molecule has 0 radical (unpaired) electrons. The number of carbonyl (C=O) groups is 2. The molecular weight excluding hydrogens is 289 g/mol. The van der Waals surface area contributed by atoms with Crippen LogP contribution >= 0.6 is 0 Å². The van der Waals surface area contributed by atoms with Gasteiger partial charge in [-0.25, -0.2) is 4.79 Å². The van der Waals surface area contributed by atoms with E-state index in [0.29, 0.717) is 11.4 Å². The van der Waals surface area contributed by atoms with Crippen molar-refractivity contribution in [2.75, 3.05) is 19.6 Å². The van der Waals surface area contributed by atoms with Crippen molar-refractivity contribution < 1.29 is 27.9 Å². The van der Waals surface area contributed by atoms with Crippen LogP contribution in [0.25, 0.3) is 0 Å². The van der Waals surface area contributed by atoms with Crippen molar-refractivity contribution in [2.45, 2.75) is 51.2 Å². The minimum absolute atomic E-state index is 0.0965. The summed E-state index contributed by atoms with van der Waals surface area (Å²) in [5.74, 6) is -1.45. The highest BCUT2D eigenvalue weighted by atomic mass is 19.4. The summed E-state index contributed by atoms with van der Waals surface area (Å²) in [6, 6.07) is -0.923. The van der Waals surface area contributed by atoms with Crippen molar-refractivity contribution in [3.8, 4) is 0 Å². The second-order valence-electron chi connectivity index (χ2n) is 5.28. The third kappa shape index (κ3) is 5.81. The highest BCUT2D eigenvalue weighted by Crippen LogP contribution is 2.24. The molecule has 1 atom stereocenters. The highest BCUT2D eigenvalue weighted by Gasteiger charge is 2.37. The molecule has 2 amide bonds. The Morgan fingerprint density at radius 1 is 1.33 bits per heavy atom. The normalized spacial score (nSPS) is 19.4. The van der Waals surface area contributed by atoms with Crippen LogP contribution in [0.3, 0.4) is 0 Å². The number of piperidine rings is 1. The van der Waals surface area contributed by atoms with E-state index in [1.54, 1.807) is 0 Å². The summed E-state index contributed by atoms with van der Waals surface area (Å²) >= 11 is 0. The molecule has 0 bridgehead atoms. The SMILES string of the molecule is CCCC1CCCCN1C(=O)N(CC(=O)O)CC(F)(F)F. The van der Waals surface area contributed by atoms with Crippen molar-refractivity contribution in [1.82, 2.24) is 9.80 Å². The van der Waals surface area contributed by atoms with Gasteiger partial charge in [0.1, 0.15) is 13.1 Å². The number of nitrogens with zero attached hydrogens (tertiary/aromatic N) is 2. The number of likely N-dealkylation sites (tertiary alicyclic amines) is 1. The van der Waals surface area contributed by atoms with Gasteiger partial charge in [0, 0.05) is 12.6 Å². The molecule has 0 aliphatic carbocycles. The molecule has 1 saturated heterocycles. The molecule has 1 heterocycles. The van der Waals surface area contributed by atoms with E-state index in [1.807, 2.05) is 6.92 Å². The number of hydrogen-bond donors (Lipinski definition) is 1. The maximum Gasteiger partial charge on any atom is 0.406 e. The molecule has 0 saturated carbocycles. The second-order valence-corrected chi connectivity index (χ2v) is 5.28. The number of aliphatic carboxylic acids is 1. The van der Waals surface area contributed by atoms with Gasteiger partial charge >= 0.3 is 18.2 Å². The van der Waals surface area contributed by atoms with E-state index in [2.05, 4.69) is 0 Å². The van der Waals surface area contributed by atoms with E-state index in [0.717, 1.165) is 32.1 Å². The fourth-order valence-electron chi connectivity index (χ4n) is 2.64. The summed E-state index contributed by atoms with van der Waals surface area (Å²) < 4.78 is 37.6. The summed E-state index contributed by atoms with van der Waals surface area (Å²) in [7, 11) is 0. The van der Waals surface area contributed by atoms with Crippen molar-refractivity contribution in [1.29, 1.82) is 0 Å². The fourth-order valence-corrected chi connectivity index (χ4v) is 2.64. The molecule has 0 aromatic heterocycles. The predicted octanol–water partition coefficient (Wildman–Crippen LogP) is 2.71. The highest BCUT2D eigenvalue weighted by molar-refractivity contribution is 5.80. The third-order valence-electron chi connectivity index (χ3n) is 3.46. The molecule has 8 heteroatoms. The van der Waals surface area contributed by atoms with E-state index in [4.69, 9.17) is 5.11 Å². The Morgan fingerprint density at radius 2 is 2.00 bits per heavy atom. The van der Waals surface area contributed by atoms with Crippen molar-refractivity contribution in [2.24, 2.45) is 0 Å². The molecular formula is C13H21F3N2O3. The number of carbonyl (C=O) groups excluding carboxylic acids is 1. The number of alkyl halides is 3. The Bertz CT molecular complexity index is 372. The van der Waals surface area contributed by atoms with Crippen LogP contribution in [0, 0.1) is 0 Å². The molecule has 0 aromatic carbocycles. The monoisotopic (exact) mass is 310 g/mol. The second kappa shape index (κ2) is 7.51. The standard InChI is InChI=1S/C13H21F3N2O3/c1-2-5-10-6-3-4-7-18(10)12(21)17(8-11(19)20)9-13(14,15)16/h10H,2-9H2,1H3,(H,19,20). The van der Waals surface area contributed by atoms with Gasteiger partial charge in [0.25, 0.3) is 0 Å². The zero-order valence-electron chi connectivity index (χ0n) is 12.0. The average molecular weight is 310 g/mol. The van der Waals surface area contributed by atoms with Gasteiger partial charge < -0.3 is 14.9 Å². The zero-order valence-corrected chi connectivity index (χ0v) is 12.0. The molecule has 1 aliphatic heterocycles. The van der Waals surface area contributed by atoms with Gasteiger partial charge in [-0.05, 0) is 25.7 Å². The van der Waals surface area contributed by atoms with Crippen molar-refractivity contribution >= 4 is 12.0 Å². The van der Waals surface area contributed by atoms with Crippen LogP contribution in [0.5, 0.6) is 0 Å². The molecule has 5 nitrogen and oxygen atoms in total. The minimum Gasteiger partial charge on any atom is -0.480 e. The van der Waals surface area contributed by atoms with E-state index >= 15 is 0 Å². The molecule has 1 aliphatic rings. The first kappa shape index (κ1) is 17.6. The molecule has 21 heavy (non-hydrogen) atoms. The van der Waals surface area contributed by atoms with Crippen molar-refractivity contribution in [3.05, 3.63) is 0 Å². The lowest BCUT2D eigenvalue weighted by atomic mass is 9.98. The molecule has 0 spiro atoms. The van der Waals surface area contributed by atoms with E-state index in [-0.39, 0.29) is 6.04 Å². The number of amides is 2. The van der Waals surface area contributed by atoms with Crippen LogP contribution in [-0.2, 0) is 4.79 Å². The first-order chi connectivity index (χ1) is 9.74. The summed E-state index contributed by atoms with van der Waals surface area (Å²) in [4.78, 5) is 24.8. The Hall–Kier alpha value is -1.47. The van der Waals surface area contributed by atoms with Crippen LogP contribution in [-0.4, -0.2) is 58.8 Å². The van der Waals surface area contributed by atoms with Gasteiger partial charge in [0.05, 0.1) is 0 Å². The predicted molar refractivity (Wildman–Crippen MR) is 69.9 cm³/mol. The van der Waals surface area contributed by atoms with Crippen molar-refractivity contribution in [3.63, 3.8) is 0 Å². The summed E-state index contributed by atoms with van der Waals surface area (Å²) in [6.45, 7) is -0.138. The Morgan fingerprint density at radius 3 is 2.52 bits per heavy atom. The van der Waals surface area contributed by atoms with Crippen LogP contribution in [0.2, 0.25) is 0 Å². The summed E-state index contributed by atoms with van der Waals surface area (Å²) in [5.41, 5.74) is 0. The minimum atomic E-state index is -4.61. The van der Waals surface area contributed by atoms with Gasteiger partial charge in [0.15, 0.2) is 0 Å². The maximum atomic E-state index is 12.5. The average Bonchev–Trinajstić information content (AvgIpc) is 2.36. The third-order valence-corrected chi connectivity index (χ3v) is 3.46. The van der Waals surface area contributed by atoms with Crippen LogP contribution in [0.4, 0.5) is 18.0 Å². The summed E-state index contributed by atoms with van der Waals surface area (Å²) in [6.07, 6.45) is -0.634. The van der Waals surface area contributed by atoms with Gasteiger partial charge in [0.2, 0.25) is 0 Å². The lowest BCUT2D eigenvalue weighted by molar-refractivity contribution is -0.150. The van der Waals surface area contributed by atoms with E-state index < -0.39 is 31.3 Å². The van der Waals surface area contributed by atoms with Gasteiger partial charge in [-0.15, -0.1) is 0 Å². The Labute approximate surface area is 121 Å². The lowest BCUT2D eigenvalue weighted by Crippen LogP contribution is -2.53. The number of carboxylic acids is 1.